The Kier molecular flexibility index (Phi) is 5.20. The van der Waals surface area contributed by atoms with Gasteiger partial charge in [-0.2, -0.15) is 0 Å². The lowest BCUT2D eigenvalue weighted by atomic mass is 10.2. The molecule has 0 bridgehead atoms. The molecule has 0 atom stereocenters. The maximum atomic E-state index is 12.4. The first-order chi connectivity index (χ1) is 11.7. The van der Waals surface area contributed by atoms with Crippen molar-refractivity contribution in [3.8, 4) is 5.75 Å². The van der Waals surface area contributed by atoms with Crippen LogP contribution in [0.1, 0.15) is 10.4 Å². The summed E-state index contributed by atoms with van der Waals surface area (Å²) >= 11 is 1.66. The van der Waals surface area contributed by atoms with Crippen molar-refractivity contribution >= 4 is 29.0 Å². The van der Waals surface area contributed by atoms with Gasteiger partial charge in [-0.25, -0.2) is 0 Å². The lowest BCUT2D eigenvalue weighted by Crippen LogP contribution is -2.48. The molecule has 0 aliphatic carbocycles. The van der Waals surface area contributed by atoms with E-state index in [1.807, 2.05) is 34.6 Å². The second-order valence-corrected chi connectivity index (χ2v) is 6.73. The normalized spacial score (nSPS) is 15.1. The van der Waals surface area contributed by atoms with Crippen LogP contribution in [0.2, 0.25) is 0 Å². The highest BCUT2D eigenvalue weighted by Gasteiger charge is 2.21. The van der Waals surface area contributed by atoms with Crippen molar-refractivity contribution in [2.75, 3.05) is 38.2 Å². The van der Waals surface area contributed by atoms with Crippen LogP contribution in [0.15, 0.2) is 41.8 Å². The Hall–Kier alpha value is -2.27. The molecular weight excluding hydrogens is 320 g/mol. The molecule has 4 nitrogen and oxygen atoms in total. The summed E-state index contributed by atoms with van der Waals surface area (Å²) in [5, 5.41) is 2.05. The van der Waals surface area contributed by atoms with E-state index >= 15 is 0 Å². The van der Waals surface area contributed by atoms with Crippen LogP contribution < -0.4 is 9.64 Å². The first kappa shape index (κ1) is 16.6. The van der Waals surface area contributed by atoms with Gasteiger partial charge in [0, 0.05) is 37.1 Å². The van der Waals surface area contributed by atoms with E-state index in [2.05, 4.69) is 24.0 Å². The molecule has 5 heteroatoms. The topological polar surface area (TPSA) is 32.8 Å². The van der Waals surface area contributed by atoms with Gasteiger partial charge in [-0.15, -0.1) is 11.3 Å². The SMILES string of the molecule is COc1ccccc1N1CCN(C(=O)/C=C/c2sccc2C)CC1. The third-order valence-electron chi connectivity index (χ3n) is 4.30. The summed E-state index contributed by atoms with van der Waals surface area (Å²) in [7, 11) is 1.69. The van der Waals surface area contributed by atoms with Crippen molar-refractivity contribution < 1.29 is 9.53 Å². The number of methoxy groups -OCH3 is 1. The van der Waals surface area contributed by atoms with Gasteiger partial charge in [-0.1, -0.05) is 12.1 Å². The second-order valence-electron chi connectivity index (χ2n) is 5.79. The molecule has 1 aliphatic heterocycles. The number of carbonyl (C=O) groups is 1. The molecule has 1 fully saturated rings. The fourth-order valence-electron chi connectivity index (χ4n) is 2.87. The zero-order chi connectivity index (χ0) is 16.9. The summed E-state index contributed by atoms with van der Waals surface area (Å²) in [6.07, 6.45) is 3.62. The van der Waals surface area contributed by atoms with Gasteiger partial charge in [0.05, 0.1) is 12.8 Å². The Balaban J connectivity index is 1.59. The summed E-state index contributed by atoms with van der Waals surface area (Å²) in [5.74, 6) is 0.966. The molecule has 0 spiro atoms. The van der Waals surface area contributed by atoms with Crippen molar-refractivity contribution in [2.45, 2.75) is 6.92 Å². The maximum absolute atomic E-state index is 12.4. The zero-order valence-electron chi connectivity index (χ0n) is 14.1. The van der Waals surface area contributed by atoms with Crippen LogP contribution in [0.25, 0.3) is 6.08 Å². The molecule has 1 amide bonds. The number of para-hydroxylation sites is 2. The second kappa shape index (κ2) is 7.53. The lowest BCUT2D eigenvalue weighted by molar-refractivity contribution is -0.126. The number of aryl methyl sites for hydroxylation is 1. The zero-order valence-corrected chi connectivity index (χ0v) is 14.9. The largest absolute Gasteiger partial charge is 0.495 e. The number of rotatable bonds is 4. The van der Waals surface area contributed by atoms with Gasteiger partial charge in [0.1, 0.15) is 5.75 Å². The lowest BCUT2D eigenvalue weighted by Gasteiger charge is -2.36. The number of hydrogen-bond donors (Lipinski definition) is 0. The highest BCUT2D eigenvalue weighted by atomic mass is 32.1. The van der Waals surface area contributed by atoms with Crippen LogP contribution in [0.4, 0.5) is 5.69 Å². The van der Waals surface area contributed by atoms with E-state index in [4.69, 9.17) is 4.74 Å². The molecule has 1 aliphatic rings. The molecule has 1 aromatic carbocycles. The Labute approximate surface area is 147 Å². The van der Waals surface area contributed by atoms with Gasteiger partial charge in [-0.3, -0.25) is 4.79 Å². The molecule has 1 saturated heterocycles. The summed E-state index contributed by atoms with van der Waals surface area (Å²) in [4.78, 5) is 17.7. The monoisotopic (exact) mass is 342 g/mol. The Bertz CT molecular complexity index is 730. The van der Waals surface area contributed by atoms with Crippen LogP contribution in [0.5, 0.6) is 5.75 Å². The number of thiophene rings is 1. The molecule has 24 heavy (non-hydrogen) atoms. The number of benzene rings is 1. The highest BCUT2D eigenvalue weighted by Crippen LogP contribution is 2.28. The molecule has 0 saturated carbocycles. The average Bonchev–Trinajstić information content (AvgIpc) is 3.04. The van der Waals surface area contributed by atoms with Crippen molar-refractivity contribution in [1.29, 1.82) is 0 Å². The summed E-state index contributed by atoms with van der Waals surface area (Å²) in [5.41, 5.74) is 2.31. The number of ether oxygens (including phenoxy) is 1. The van der Waals surface area contributed by atoms with E-state index in [0.29, 0.717) is 0 Å². The molecular formula is C19H22N2O2S. The number of hydrogen-bond acceptors (Lipinski definition) is 4. The Morgan fingerprint density at radius 1 is 1.17 bits per heavy atom. The van der Waals surface area contributed by atoms with Crippen LogP contribution in [0.3, 0.4) is 0 Å². The summed E-state index contributed by atoms with van der Waals surface area (Å²) < 4.78 is 5.43. The quantitative estimate of drug-likeness (QED) is 0.798. The molecule has 1 aromatic heterocycles. The van der Waals surface area contributed by atoms with Crippen molar-refractivity contribution in [2.24, 2.45) is 0 Å². The molecule has 0 N–H and O–H groups in total. The third-order valence-corrected chi connectivity index (χ3v) is 5.28. The van der Waals surface area contributed by atoms with Crippen molar-refractivity contribution in [3.63, 3.8) is 0 Å². The standard InChI is InChI=1S/C19H22N2O2S/c1-15-9-14-24-18(15)7-8-19(22)21-12-10-20(11-13-21)16-5-3-4-6-17(16)23-2/h3-9,14H,10-13H2,1-2H3/b8-7+. The van der Waals surface area contributed by atoms with E-state index in [9.17, 15) is 4.79 Å². The van der Waals surface area contributed by atoms with Gasteiger partial charge >= 0.3 is 0 Å². The number of nitrogens with zero attached hydrogens (tertiary/aromatic N) is 2. The Morgan fingerprint density at radius 2 is 1.92 bits per heavy atom. The van der Waals surface area contributed by atoms with E-state index in [0.717, 1.165) is 42.5 Å². The predicted molar refractivity (Wildman–Crippen MR) is 99.9 cm³/mol. The molecule has 0 unspecified atom stereocenters. The first-order valence-corrected chi connectivity index (χ1v) is 8.96. The highest BCUT2D eigenvalue weighted by molar-refractivity contribution is 7.11. The molecule has 2 heterocycles. The first-order valence-electron chi connectivity index (χ1n) is 8.08. The van der Waals surface area contributed by atoms with E-state index in [1.54, 1.807) is 24.5 Å². The molecule has 126 valence electrons. The fourth-order valence-corrected chi connectivity index (χ4v) is 3.69. The van der Waals surface area contributed by atoms with Gasteiger partial charge in [0.25, 0.3) is 0 Å². The van der Waals surface area contributed by atoms with E-state index < -0.39 is 0 Å². The minimum absolute atomic E-state index is 0.0856. The summed E-state index contributed by atoms with van der Waals surface area (Å²) in [6, 6.07) is 10.1. The predicted octanol–water partition coefficient (Wildman–Crippen LogP) is 3.43. The minimum atomic E-state index is 0.0856. The van der Waals surface area contributed by atoms with Crippen LogP contribution >= 0.6 is 11.3 Å². The fraction of sp³-hybridized carbons (Fsp3) is 0.316. The molecule has 2 aromatic rings. The number of carbonyl (C=O) groups excluding carboxylic acids is 1. The third kappa shape index (κ3) is 3.62. The number of anilines is 1. The number of amides is 1. The van der Waals surface area contributed by atoms with Crippen molar-refractivity contribution in [3.05, 3.63) is 52.2 Å². The van der Waals surface area contributed by atoms with Crippen LogP contribution in [0, 0.1) is 6.92 Å². The summed E-state index contributed by atoms with van der Waals surface area (Å²) in [6.45, 7) is 5.15. The van der Waals surface area contributed by atoms with Crippen LogP contribution in [-0.4, -0.2) is 44.1 Å². The van der Waals surface area contributed by atoms with Gasteiger partial charge in [0.15, 0.2) is 0 Å². The minimum Gasteiger partial charge on any atom is -0.495 e. The van der Waals surface area contributed by atoms with Gasteiger partial charge < -0.3 is 14.5 Å². The van der Waals surface area contributed by atoms with Crippen LogP contribution in [-0.2, 0) is 4.79 Å². The van der Waals surface area contributed by atoms with Crippen molar-refractivity contribution in [1.82, 2.24) is 4.90 Å². The van der Waals surface area contributed by atoms with Gasteiger partial charge in [0.2, 0.25) is 5.91 Å². The number of piperazine rings is 1. The molecule has 0 radical (unpaired) electrons. The van der Waals surface area contributed by atoms with E-state index in [-0.39, 0.29) is 5.91 Å². The molecule has 3 rings (SSSR count). The van der Waals surface area contributed by atoms with E-state index in [1.165, 1.54) is 5.56 Å². The maximum Gasteiger partial charge on any atom is 0.246 e. The van der Waals surface area contributed by atoms with Gasteiger partial charge in [-0.05, 0) is 42.1 Å². The smallest absolute Gasteiger partial charge is 0.246 e. The average molecular weight is 342 g/mol. The Morgan fingerprint density at radius 3 is 2.58 bits per heavy atom.